The van der Waals surface area contributed by atoms with Crippen molar-refractivity contribution in [2.45, 2.75) is 49.5 Å². The number of nitrogens with zero attached hydrogens (tertiary/aromatic N) is 2. The van der Waals surface area contributed by atoms with Crippen LogP contribution in [0.4, 0.5) is 0 Å². The fourth-order valence-corrected chi connectivity index (χ4v) is 6.16. The van der Waals surface area contributed by atoms with E-state index in [1.54, 1.807) is 36.6 Å². The van der Waals surface area contributed by atoms with Gasteiger partial charge in [-0.05, 0) is 37.8 Å². The van der Waals surface area contributed by atoms with E-state index in [9.17, 15) is 8.42 Å². The van der Waals surface area contributed by atoms with Crippen LogP contribution in [0.1, 0.15) is 43.5 Å². The molecule has 1 aromatic carbocycles. The van der Waals surface area contributed by atoms with Crippen LogP contribution >= 0.6 is 11.3 Å². The van der Waals surface area contributed by atoms with Crippen LogP contribution in [0, 0.1) is 0 Å². The molecule has 1 fully saturated rings. The van der Waals surface area contributed by atoms with Crippen molar-refractivity contribution in [3.63, 3.8) is 0 Å². The van der Waals surface area contributed by atoms with Gasteiger partial charge in [-0.15, -0.1) is 11.3 Å². The van der Waals surface area contributed by atoms with Gasteiger partial charge in [-0.3, -0.25) is 0 Å². The highest BCUT2D eigenvalue weighted by atomic mass is 32.2. The van der Waals surface area contributed by atoms with Gasteiger partial charge in [-0.1, -0.05) is 13.0 Å². The lowest BCUT2D eigenvalue weighted by Gasteiger charge is -2.24. The van der Waals surface area contributed by atoms with Crippen molar-refractivity contribution in [3.8, 4) is 21.9 Å². The summed E-state index contributed by atoms with van der Waals surface area (Å²) >= 11 is 1.56. The molecule has 0 bridgehead atoms. The van der Waals surface area contributed by atoms with Gasteiger partial charge in [-0.25, -0.2) is 23.1 Å². The minimum Gasteiger partial charge on any atom is -0.445 e. The van der Waals surface area contributed by atoms with Crippen LogP contribution in [-0.2, 0) is 10.0 Å². The highest BCUT2D eigenvalue weighted by molar-refractivity contribution is 7.89. The number of nitrogens with two attached hydrogens (primary N) is 1. The second-order valence-electron chi connectivity index (χ2n) is 7.22. The zero-order valence-electron chi connectivity index (χ0n) is 16.2. The number of sulfonamides is 1. The van der Waals surface area contributed by atoms with Gasteiger partial charge in [0.05, 0.1) is 21.0 Å². The Balaban J connectivity index is 1.73. The zero-order chi connectivity index (χ0) is 20.4. The summed E-state index contributed by atoms with van der Waals surface area (Å²) in [5.41, 5.74) is 7.27. The van der Waals surface area contributed by atoms with Crippen LogP contribution in [0.5, 0.6) is 0 Å². The van der Waals surface area contributed by atoms with Crippen LogP contribution in [0.25, 0.3) is 21.9 Å². The predicted molar refractivity (Wildman–Crippen MR) is 113 cm³/mol. The third kappa shape index (κ3) is 4.28. The van der Waals surface area contributed by atoms with E-state index in [2.05, 4.69) is 14.7 Å². The van der Waals surface area contributed by atoms with E-state index in [-0.39, 0.29) is 10.9 Å². The molecule has 154 valence electrons. The first-order valence-electron chi connectivity index (χ1n) is 9.73. The normalized spacial score (nSPS) is 20.1. The van der Waals surface area contributed by atoms with Crippen molar-refractivity contribution in [2.75, 3.05) is 6.54 Å². The number of hydrogen-bond donors (Lipinski definition) is 2. The lowest BCUT2D eigenvalue weighted by atomic mass is 9.87. The van der Waals surface area contributed by atoms with E-state index in [4.69, 9.17) is 10.2 Å². The third-order valence-corrected chi connectivity index (χ3v) is 7.97. The molecular formula is C20H24N4O3S2. The molecule has 29 heavy (non-hydrogen) atoms. The summed E-state index contributed by atoms with van der Waals surface area (Å²) in [6.45, 7) is 2.06. The Morgan fingerprint density at radius 3 is 2.72 bits per heavy atom. The van der Waals surface area contributed by atoms with Gasteiger partial charge in [0, 0.05) is 35.8 Å². The minimum atomic E-state index is -3.68. The Morgan fingerprint density at radius 1 is 1.24 bits per heavy atom. The van der Waals surface area contributed by atoms with Gasteiger partial charge in [0.15, 0.2) is 0 Å². The zero-order valence-corrected chi connectivity index (χ0v) is 17.8. The summed E-state index contributed by atoms with van der Waals surface area (Å²) in [4.78, 5) is 9.78. The smallest absolute Gasteiger partial charge is 0.241 e. The van der Waals surface area contributed by atoms with Gasteiger partial charge >= 0.3 is 0 Å². The second-order valence-corrected chi connectivity index (χ2v) is 10.0. The molecular weight excluding hydrogens is 408 g/mol. The van der Waals surface area contributed by atoms with Crippen molar-refractivity contribution < 1.29 is 12.8 Å². The molecule has 3 N–H and O–H groups in total. The van der Waals surface area contributed by atoms with Crippen LogP contribution in [0.2, 0.25) is 0 Å². The average molecular weight is 433 g/mol. The molecule has 4 rings (SSSR count). The highest BCUT2D eigenvalue weighted by Crippen LogP contribution is 2.39. The molecule has 0 aliphatic heterocycles. The molecule has 1 aliphatic carbocycles. The minimum absolute atomic E-state index is 0.205. The summed E-state index contributed by atoms with van der Waals surface area (Å²) in [5, 5.41) is 1.05. The number of thiazole rings is 1. The molecule has 0 radical (unpaired) electrons. The molecule has 9 heteroatoms. The van der Waals surface area contributed by atoms with E-state index < -0.39 is 10.0 Å². The lowest BCUT2D eigenvalue weighted by molar-refractivity contribution is 0.395. The van der Waals surface area contributed by atoms with Gasteiger partial charge in [-0.2, -0.15) is 0 Å². The number of aromatic nitrogens is 2. The topological polar surface area (TPSA) is 111 Å². The standard InChI is InChI=1S/C20H24N4O3S2/c1-2-24-29(25,26)18-11-14(19-22-9-10-27-19)5-8-16(18)17-12-23-20(28-17)13-3-6-15(21)7-4-13/h5,8-13,15,24H,2-4,6-7,21H2,1H3. The number of oxazole rings is 1. The molecule has 7 nitrogen and oxygen atoms in total. The van der Waals surface area contributed by atoms with E-state index in [0.29, 0.717) is 29.5 Å². The van der Waals surface area contributed by atoms with E-state index in [1.807, 2.05) is 6.07 Å². The number of hydrogen-bond acceptors (Lipinski definition) is 7. The van der Waals surface area contributed by atoms with Gasteiger partial charge in [0.2, 0.25) is 15.9 Å². The molecule has 2 aromatic heterocycles. The van der Waals surface area contributed by atoms with E-state index in [1.165, 1.54) is 12.5 Å². The van der Waals surface area contributed by atoms with E-state index in [0.717, 1.165) is 35.6 Å². The fourth-order valence-electron chi connectivity index (χ4n) is 3.68. The molecule has 0 atom stereocenters. The highest BCUT2D eigenvalue weighted by Gasteiger charge is 2.25. The first-order valence-corrected chi connectivity index (χ1v) is 12.0. The molecule has 1 aliphatic rings. The van der Waals surface area contributed by atoms with E-state index >= 15 is 0 Å². The summed E-state index contributed by atoms with van der Waals surface area (Å²) in [5.74, 6) is 0.780. The van der Waals surface area contributed by atoms with Gasteiger partial charge in [0.25, 0.3) is 0 Å². The van der Waals surface area contributed by atoms with Gasteiger partial charge in [0.1, 0.15) is 6.26 Å². The first-order chi connectivity index (χ1) is 14.0. The quantitative estimate of drug-likeness (QED) is 0.614. The summed E-state index contributed by atoms with van der Waals surface area (Å²) in [6, 6.07) is 5.52. The lowest BCUT2D eigenvalue weighted by Crippen LogP contribution is -2.25. The van der Waals surface area contributed by atoms with Crippen LogP contribution < -0.4 is 10.5 Å². The third-order valence-electron chi connectivity index (χ3n) is 5.19. The molecule has 1 saturated carbocycles. The van der Waals surface area contributed by atoms with Crippen molar-refractivity contribution in [1.29, 1.82) is 0 Å². The van der Waals surface area contributed by atoms with Crippen molar-refractivity contribution in [1.82, 2.24) is 14.7 Å². The number of nitrogens with one attached hydrogen (secondary N) is 1. The monoisotopic (exact) mass is 432 g/mol. The number of benzene rings is 1. The second kappa shape index (κ2) is 8.35. The Hall–Kier alpha value is -2.07. The first kappa shape index (κ1) is 20.2. The van der Waals surface area contributed by atoms with Crippen molar-refractivity contribution in [3.05, 3.63) is 41.9 Å². The van der Waals surface area contributed by atoms with Gasteiger partial charge < -0.3 is 10.2 Å². The van der Waals surface area contributed by atoms with Crippen LogP contribution in [0.3, 0.4) is 0 Å². The summed E-state index contributed by atoms with van der Waals surface area (Å²) in [7, 11) is -3.68. The molecule has 0 spiro atoms. The summed E-state index contributed by atoms with van der Waals surface area (Å²) in [6.07, 6.45) is 8.84. The summed E-state index contributed by atoms with van der Waals surface area (Å²) < 4.78 is 33.7. The number of rotatable bonds is 6. The predicted octanol–water partition coefficient (Wildman–Crippen LogP) is 3.75. The molecule has 2 heterocycles. The van der Waals surface area contributed by atoms with Crippen LogP contribution in [0.15, 0.2) is 46.2 Å². The Kier molecular flexibility index (Phi) is 5.82. The SMILES string of the molecule is CCNS(=O)(=O)c1cc(-c2ncco2)ccc1-c1cnc(C2CCC(N)CC2)s1. The molecule has 0 unspecified atom stereocenters. The maximum Gasteiger partial charge on any atom is 0.241 e. The molecule has 3 aromatic rings. The Labute approximate surface area is 174 Å². The fraction of sp³-hybridized carbons (Fsp3) is 0.400. The largest absolute Gasteiger partial charge is 0.445 e. The van der Waals surface area contributed by atoms with Crippen molar-refractivity contribution >= 4 is 21.4 Å². The molecule has 0 amide bonds. The van der Waals surface area contributed by atoms with Crippen LogP contribution in [-0.4, -0.2) is 31.0 Å². The maximum absolute atomic E-state index is 12.9. The Morgan fingerprint density at radius 2 is 2.03 bits per heavy atom. The van der Waals surface area contributed by atoms with Crippen molar-refractivity contribution in [2.24, 2.45) is 5.73 Å². The average Bonchev–Trinajstić information content (AvgIpc) is 3.40. The Bertz CT molecular complexity index is 1070. The molecule has 0 saturated heterocycles. The maximum atomic E-state index is 12.9.